The Balaban J connectivity index is 2.55. The topological polar surface area (TPSA) is 77.0 Å². The number of hydrogen-bond acceptors (Lipinski definition) is 5. The molecule has 0 amide bonds. The SMILES string of the molecule is CC(N)c1nnc(NCC(F)(F)C(F)F)o1. The Kier molecular flexibility index (Phi) is 3.68. The Bertz CT molecular complexity index is 341. The molecule has 3 N–H and O–H groups in total. The first kappa shape index (κ1) is 12.7. The maximum atomic E-state index is 12.5. The zero-order chi connectivity index (χ0) is 12.3. The van der Waals surface area contributed by atoms with Gasteiger partial charge in [-0.2, -0.15) is 8.78 Å². The van der Waals surface area contributed by atoms with Crippen LogP contribution in [0.5, 0.6) is 0 Å². The second-order valence-corrected chi connectivity index (χ2v) is 3.15. The predicted octanol–water partition coefficient (Wildman–Crippen LogP) is 1.40. The summed E-state index contributed by atoms with van der Waals surface area (Å²) in [7, 11) is 0. The molecule has 0 saturated heterocycles. The van der Waals surface area contributed by atoms with Crippen molar-refractivity contribution in [2.75, 3.05) is 11.9 Å². The molecule has 0 aliphatic heterocycles. The van der Waals surface area contributed by atoms with Crippen LogP contribution < -0.4 is 11.1 Å². The van der Waals surface area contributed by atoms with Crippen molar-refractivity contribution in [3.8, 4) is 0 Å². The number of hydrogen-bond donors (Lipinski definition) is 2. The van der Waals surface area contributed by atoms with E-state index in [-0.39, 0.29) is 11.9 Å². The van der Waals surface area contributed by atoms with Gasteiger partial charge in [-0.15, -0.1) is 5.10 Å². The van der Waals surface area contributed by atoms with Crippen LogP contribution in [0.15, 0.2) is 4.42 Å². The third-order valence-corrected chi connectivity index (χ3v) is 1.62. The van der Waals surface area contributed by atoms with Gasteiger partial charge < -0.3 is 15.5 Å². The third kappa shape index (κ3) is 3.05. The molecule has 0 saturated carbocycles. The third-order valence-electron chi connectivity index (χ3n) is 1.62. The molecule has 9 heteroatoms. The van der Waals surface area contributed by atoms with Crippen LogP contribution in [0.4, 0.5) is 23.6 Å². The van der Waals surface area contributed by atoms with Crippen LogP contribution in [0, 0.1) is 0 Å². The van der Waals surface area contributed by atoms with E-state index in [0.29, 0.717) is 0 Å². The first-order valence-electron chi connectivity index (χ1n) is 4.32. The van der Waals surface area contributed by atoms with Crippen molar-refractivity contribution < 1.29 is 22.0 Å². The molecule has 0 aliphatic carbocycles. The van der Waals surface area contributed by atoms with E-state index in [2.05, 4.69) is 10.2 Å². The molecule has 1 atom stereocenters. The van der Waals surface area contributed by atoms with Crippen molar-refractivity contribution in [1.82, 2.24) is 10.2 Å². The average Bonchev–Trinajstić information content (AvgIpc) is 2.63. The van der Waals surface area contributed by atoms with E-state index in [4.69, 9.17) is 10.2 Å². The second kappa shape index (κ2) is 4.64. The Morgan fingerprint density at radius 2 is 2.06 bits per heavy atom. The molecule has 0 radical (unpaired) electrons. The Hall–Kier alpha value is -1.38. The normalized spacial score (nSPS) is 14.2. The van der Waals surface area contributed by atoms with Gasteiger partial charge in [0.1, 0.15) is 0 Å². The molecule has 5 nitrogen and oxygen atoms in total. The van der Waals surface area contributed by atoms with Gasteiger partial charge in [-0.05, 0) is 6.92 Å². The van der Waals surface area contributed by atoms with Crippen LogP contribution in [0.3, 0.4) is 0 Å². The summed E-state index contributed by atoms with van der Waals surface area (Å²) >= 11 is 0. The van der Waals surface area contributed by atoms with E-state index in [1.165, 1.54) is 0 Å². The van der Waals surface area contributed by atoms with Gasteiger partial charge in [0.2, 0.25) is 5.89 Å². The summed E-state index contributed by atoms with van der Waals surface area (Å²) in [4.78, 5) is 0. The van der Waals surface area contributed by atoms with E-state index >= 15 is 0 Å². The minimum absolute atomic E-state index is 0.0304. The van der Waals surface area contributed by atoms with Crippen molar-refractivity contribution >= 4 is 6.01 Å². The van der Waals surface area contributed by atoms with Gasteiger partial charge in [-0.3, -0.25) is 0 Å². The van der Waals surface area contributed by atoms with E-state index < -0.39 is 24.9 Å². The molecule has 92 valence electrons. The standard InChI is InChI=1S/C7H10F4N4O/c1-3(12)4-14-15-6(16-4)13-2-7(10,11)5(8)9/h3,5H,2,12H2,1H3,(H,13,15). The molecule has 1 aromatic rings. The lowest BCUT2D eigenvalue weighted by atomic mass is 10.3. The van der Waals surface area contributed by atoms with Gasteiger partial charge in [0.25, 0.3) is 0 Å². The zero-order valence-corrected chi connectivity index (χ0v) is 8.25. The van der Waals surface area contributed by atoms with Crippen LogP contribution in [-0.4, -0.2) is 29.1 Å². The maximum Gasteiger partial charge on any atom is 0.324 e. The first-order chi connectivity index (χ1) is 7.33. The summed E-state index contributed by atoms with van der Waals surface area (Å²) in [6.07, 6.45) is -3.75. The first-order valence-corrected chi connectivity index (χ1v) is 4.32. The van der Waals surface area contributed by atoms with E-state index in [1.807, 2.05) is 5.32 Å². The Morgan fingerprint density at radius 3 is 2.50 bits per heavy atom. The fourth-order valence-corrected chi connectivity index (χ4v) is 0.761. The van der Waals surface area contributed by atoms with Crippen molar-refractivity contribution in [3.63, 3.8) is 0 Å². The molecular formula is C7H10F4N4O. The quantitative estimate of drug-likeness (QED) is 0.763. The number of nitrogens with two attached hydrogens (primary N) is 1. The molecule has 0 bridgehead atoms. The van der Waals surface area contributed by atoms with Crippen LogP contribution in [0.2, 0.25) is 0 Å². The number of aromatic nitrogens is 2. The van der Waals surface area contributed by atoms with Gasteiger partial charge >= 0.3 is 18.4 Å². The van der Waals surface area contributed by atoms with Gasteiger partial charge in [-0.25, -0.2) is 8.78 Å². The lowest BCUT2D eigenvalue weighted by Crippen LogP contribution is -2.34. The summed E-state index contributed by atoms with van der Waals surface area (Å²) in [6.45, 7) is 0.260. The summed E-state index contributed by atoms with van der Waals surface area (Å²) in [5, 5.41) is 8.65. The number of nitrogens with one attached hydrogen (secondary N) is 1. The minimum Gasteiger partial charge on any atom is -0.406 e. The number of rotatable bonds is 5. The molecule has 16 heavy (non-hydrogen) atoms. The molecule has 1 heterocycles. The zero-order valence-electron chi connectivity index (χ0n) is 8.25. The second-order valence-electron chi connectivity index (χ2n) is 3.15. The van der Waals surface area contributed by atoms with Crippen molar-refractivity contribution in [1.29, 1.82) is 0 Å². The highest BCUT2D eigenvalue weighted by Gasteiger charge is 2.40. The Labute approximate surface area is 88.0 Å². The Morgan fingerprint density at radius 1 is 1.44 bits per heavy atom. The lowest BCUT2D eigenvalue weighted by Gasteiger charge is -2.14. The van der Waals surface area contributed by atoms with E-state index in [0.717, 1.165) is 0 Å². The van der Waals surface area contributed by atoms with Gasteiger partial charge in [0.05, 0.1) is 12.6 Å². The van der Waals surface area contributed by atoms with Crippen LogP contribution >= 0.6 is 0 Å². The van der Waals surface area contributed by atoms with Gasteiger partial charge in [-0.1, -0.05) is 5.10 Å². The molecule has 1 aromatic heterocycles. The molecule has 0 aromatic carbocycles. The molecule has 1 rings (SSSR count). The molecular weight excluding hydrogens is 232 g/mol. The fraction of sp³-hybridized carbons (Fsp3) is 0.714. The highest BCUT2D eigenvalue weighted by Crippen LogP contribution is 2.23. The van der Waals surface area contributed by atoms with Crippen molar-refractivity contribution in [2.24, 2.45) is 5.73 Å². The minimum atomic E-state index is -4.15. The largest absolute Gasteiger partial charge is 0.406 e. The van der Waals surface area contributed by atoms with Crippen molar-refractivity contribution in [2.45, 2.75) is 25.3 Å². The monoisotopic (exact) mass is 242 g/mol. The van der Waals surface area contributed by atoms with Crippen LogP contribution in [0.1, 0.15) is 18.9 Å². The predicted molar refractivity (Wildman–Crippen MR) is 46.3 cm³/mol. The molecule has 0 aliphatic rings. The lowest BCUT2D eigenvalue weighted by molar-refractivity contribution is -0.117. The molecule has 0 fully saturated rings. The summed E-state index contributed by atoms with van der Waals surface area (Å²) < 4.78 is 53.3. The highest BCUT2D eigenvalue weighted by molar-refractivity contribution is 5.18. The van der Waals surface area contributed by atoms with Gasteiger partial charge in [0.15, 0.2) is 0 Å². The van der Waals surface area contributed by atoms with E-state index in [9.17, 15) is 17.6 Å². The van der Waals surface area contributed by atoms with Crippen molar-refractivity contribution in [3.05, 3.63) is 5.89 Å². The fourth-order valence-electron chi connectivity index (χ4n) is 0.761. The highest BCUT2D eigenvalue weighted by atomic mass is 19.3. The summed E-state index contributed by atoms with van der Waals surface area (Å²) in [5.41, 5.74) is 5.37. The average molecular weight is 242 g/mol. The number of anilines is 1. The number of alkyl halides is 4. The number of nitrogens with zero attached hydrogens (tertiary/aromatic N) is 2. The molecule has 1 unspecified atom stereocenters. The number of halogens is 4. The summed E-state index contributed by atoms with van der Waals surface area (Å²) in [5.74, 6) is -4.12. The molecule has 0 spiro atoms. The van der Waals surface area contributed by atoms with E-state index in [1.54, 1.807) is 6.92 Å². The summed E-state index contributed by atoms with van der Waals surface area (Å²) in [6, 6.07) is -0.925. The van der Waals surface area contributed by atoms with Crippen LogP contribution in [0.25, 0.3) is 0 Å². The smallest absolute Gasteiger partial charge is 0.324 e. The van der Waals surface area contributed by atoms with Crippen LogP contribution in [-0.2, 0) is 0 Å². The maximum absolute atomic E-state index is 12.5. The van der Waals surface area contributed by atoms with Gasteiger partial charge in [0, 0.05) is 0 Å².